The maximum atomic E-state index is 12.5. The zero-order chi connectivity index (χ0) is 16.2. The van der Waals surface area contributed by atoms with E-state index >= 15 is 0 Å². The van der Waals surface area contributed by atoms with Crippen LogP contribution in [0.25, 0.3) is 0 Å². The van der Waals surface area contributed by atoms with Crippen LogP contribution >= 0.6 is 0 Å². The molecule has 23 heavy (non-hydrogen) atoms. The second kappa shape index (κ2) is 7.43. The van der Waals surface area contributed by atoms with Crippen molar-refractivity contribution in [2.24, 2.45) is 0 Å². The summed E-state index contributed by atoms with van der Waals surface area (Å²) in [6.45, 7) is 6.60. The van der Waals surface area contributed by atoms with Gasteiger partial charge in [-0.05, 0) is 37.6 Å². The normalized spacial score (nSPS) is 23.9. The molecule has 5 heteroatoms. The van der Waals surface area contributed by atoms with Crippen LogP contribution in [0.5, 0.6) is 0 Å². The van der Waals surface area contributed by atoms with Gasteiger partial charge in [-0.15, -0.1) is 0 Å². The van der Waals surface area contributed by atoms with Crippen LogP contribution in [-0.4, -0.2) is 78.1 Å². The molecule has 0 aliphatic carbocycles. The van der Waals surface area contributed by atoms with Crippen LogP contribution in [0, 0.1) is 0 Å². The molecular formula is C18H27N3O2. The minimum Gasteiger partial charge on any atom is -0.391 e. The van der Waals surface area contributed by atoms with Crippen molar-refractivity contribution in [1.29, 1.82) is 0 Å². The molecule has 1 amide bonds. The Kier molecular flexibility index (Phi) is 5.30. The van der Waals surface area contributed by atoms with E-state index in [9.17, 15) is 9.90 Å². The van der Waals surface area contributed by atoms with Crippen molar-refractivity contribution in [2.45, 2.75) is 25.5 Å². The fourth-order valence-electron chi connectivity index (χ4n) is 3.34. The third-order valence-corrected chi connectivity index (χ3v) is 4.89. The molecule has 2 heterocycles. The summed E-state index contributed by atoms with van der Waals surface area (Å²) in [6.07, 6.45) is 1.31. The first-order valence-electron chi connectivity index (χ1n) is 8.59. The predicted octanol–water partition coefficient (Wildman–Crippen LogP) is 1.03. The first-order valence-corrected chi connectivity index (χ1v) is 8.59. The van der Waals surface area contributed by atoms with E-state index in [1.807, 2.05) is 12.1 Å². The number of piperazine rings is 1. The minimum absolute atomic E-state index is 0.0369. The second-order valence-electron chi connectivity index (χ2n) is 6.82. The highest BCUT2D eigenvalue weighted by atomic mass is 16.3. The molecule has 0 saturated carbocycles. The number of rotatable bonds is 3. The number of aliphatic hydroxyl groups excluding tert-OH is 1. The first-order chi connectivity index (χ1) is 11.1. The Morgan fingerprint density at radius 1 is 1.13 bits per heavy atom. The number of β-amino-alcohol motifs (C(OH)–C–C–N with tert-alkyl or cyclic N) is 1. The number of carbonyl (C=O) groups excluding carboxylic acids is 1. The van der Waals surface area contributed by atoms with Crippen LogP contribution in [-0.2, 0) is 6.54 Å². The van der Waals surface area contributed by atoms with E-state index in [1.54, 1.807) is 4.90 Å². The van der Waals surface area contributed by atoms with E-state index < -0.39 is 0 Å². The lowest BCUT2D eigenvalue weighted by Crippen LogP contribution is -2.43. The van der Waals surface area contributed by atoms with E-state index in [4.69, 9.17) is 0 Å². The molecule has 2 saturated heterocycles. The van der Waals surface area contributed by atoms with Gasteiger partial charge in [0.05, 0.1) is 6.10 Å². The van der Waals surface area contributed by atoms with Gasteiger partial charge in [0.2, 0.25) is 0 Å². The Bertz CT molecular complexity index is 524. The van der Waals surface area contributed by atoms with Crippen LogP contribution in [0.15, 0.2) is 24.3 Å². The van der Waals surface area contributed by atoms with Crippen molar-refractivity contribution in [3.8, 4) is 0 Å². The van der Waals surface area contributed by atoms with Gasteiger partial charge in [-0.2, -0.15) is 0 Å². The highest BCUT2D eigenvalue weighted by Gasteiger charge is 2.23. The van der Waals surface area contributed by atoms with Gasteiger partial charge in [0, 0.05) is 51.4 Å². The number of piperidine rings is 1. The third kappa shape index (κ3) is 4.31. The summed E-state index contributed by atoms with van der Waals surface area (Å²) < 4.78 is 0. The zero-order valence-corrected chi connectivity index (χ0v) is 13.9. The van der Waals surface area contributed by atoms with Crippen molar-refractivity contribution >= 4 is 5.91 Å². The summed E-state index contributed by atoms with van der Waals surface area (Å²) in [5, 5.41) is 9.72. The van der Waals surface area contributed by atoms with Gasteiger partial charge in [0.1, 0.15) is 0 Å². The quantitative estimate of drug-likeness (QED) is 0.905. The molecule has 2 fully saturated rings. The largest absolute Gasteiger partial charge is 0.391 e. The maximum Gasteiger partial charge on any atom is 0.253 e. The number of aliphatic hydroxyl groups is 1. The highest BCUT2D eigenvalue weighted by Crippen LogP contribution is 2.15. The van der Waals surface area contributed by atoms with Gasteiger partial charge >= 0.3 is 0 Å². The van der Waals surface area contributed by atoms with Crippen molar-refractivity contribution in [2.75, 3.05) is 46.3 Å². The number of nitrogens with zero attached hydrogens (tertiary/aromatic N) is 3. The number of hydrogen-bond acceptors (Lipinski definition) is 4. The zero-order valence-electron chi connectivity index (χ0n) is 13.9. The first kappa shape index (κ1) is 16.4. The molecule has 1 aromatic rings. The molecule has 126 valence electrons. The number of amides is 1. The van der Waals surface area contributed by atoms with E-state index in [0.29, 0.717) is 6.54 Å². The van der Waals surface area contributed by atoms with E-state index in [1.165, 1.54) is 5.56 Å². The molecule has 1 atom stereocenters. The van der Waals surface area contributed by atoms with Gasteiger partial charge in [0.25, 0.3) is 5.91 Å². The number of likely N-dealkylation sites (N-methyl/N-ethyl adjacent to an activating group) is 1. The molecular weight excluding hydrogens is 290 g/mol. The molecule has 3 rings (SSSR count). The second-order valence-corrected chi connectivity index (χ2v) is 6.82. The molecule has 5 nitrogen and oxygen atoms in total. The lowest BCUT2D eigenvalue weighted by atomic mass is 10.1. The summed E-state index contributed by atoms with van der Waals surface area (Å²) in [7, 11) is 2.16. The summed E-state index contributed by atoms with van der Waals surface area (Å²) in [5.41, 5.74) is 1.98. The molecule has 0 spiro atoms. The molecule has 1 aromatic carbocycles. The van der Waals surface area contributed by atoms with E-state index in [0.717, 1.165) is 57.7 Å². The SMILES string of the molecule is CN1CCN(Cc2ccc(C(=O)N3CCCC(O)C3)cc2)CC1. The smallest absolute Gasteiger partial charge is 0.253 e. The maximum absolute atomic E-state index is 12.5. The molecule has 2 aliphatic rings. The number of benzene rings is 1. The van der Waals surface area contributed by atoms with Gasteiger partial charge in [0.15, 0.2) is 0 Å². The minimum atomic E-state index is -0.371. The summed E-state index contributed by atoms with van der Waals surface area (Å²) in [6, 6.07) is 7.97. The topological polar surface area (TPSA) is 47.0 Å². The third-order valence-electron chi connectivity index (χ3n) is 4.89. The van der Waals surface area contributed by atoms with E-state index in [-0.39, 0.29) is 12.0 Å². The number of likely N-dealkylation sites (tertiary alicyclic amines) is 1. The number of carbonyl (C=O) groups is 1. The Morgan fingerprint density at radius 3 is 2.48 bits per heavy atom. The molecule has 2 aliphatic heterocycles. The Balaban J connectivity index is 1.57. The Morgan fingerprint density at radius 2 is 1.83 bits per heavy atom. The van der Waals surface area contributed by atoms with Crippen molar-refractivity contribution in [3.05, 3.63) is 35.4 Å². The van der Waals surface area contributed by atoms with E-state index in [2.05, 4.69) is 29.0 Å². The fourth-order valence-corrected chi connectivity index (χ4v) is 3.34. The standard InChI is InChI=1S/C18H27N3O2/c1-19-9-11-20(12-10-19)13-15-4-6-16(7-5-15)18(23)21-8-2-3-17(22)14-21/h4-7,17,22H,2-3,8-14H2,1H3. The summed E-state index contributed by atoms with van der Waals surface area (Å²) in [5.74, 6) is 0.0369. The van der Waals surface area contributed by atoms with Crippen molar-refractivity contribution < 1.29 is 9.90 Å². The fraction of sp³-hybridized carbons (Fsp3) is 0.611. The lowest BCUT2D eigenvalue weighted by molar-refractivity contribution is 0.0473. The molecule has 0 aromatic heterocycles. The van der Waals surface area contributed by atoms with Gasteiger partial charge in [-0.25, -0.2) is 0 Å². The predicted molar refractivity (Wildman–Crippen MR) is 90.4 cm³/mol. The highest BCUT2D eigenvalue weighted by molar-refractivity contribution is 5.94. The van der Waals surface area contributed by atoms with Gasteiger partial charge in [-0.1, -0.05) is 12.1 Å². The van der Waals surface area contributed by atoms with Crippen molar-refractivity contribution in [3.63, 3.8) is 0 Å². The Labute approximate surface area is 138 Å². The molecule has 0 bridgehead atoms. The lowest BCUT2D eigenvalue weighted by Gasteiger charge is -2.32. The van der Waals surface area contributed by atoms with Crippen LogP contribution in [0.4, 0.5) is 0 Å². The van der Waals surface area contributed by atoms with Crippen molar-refractivity contribution in [1.82, 2.24) is 14.7 Å². The van der Waals surface area contributed by atoms with Crippen LogP contribution in [0.1, 0.15) is 28.8 Å². The van der Waals surface area contributed by atoms with Crippen LogP contribution in [0.2, 0.25) is 0 Å². The molecule has 1 unspecified atom stereocenters. The van der Waals surface area contributed by atoms with Gasteiger partial charge in [-0.3, -0.25) is 9.69 Å². The summed E-state index contributed by atoms with van der Waals surface area (Å²) >= 11 is 0. The van der Waals surface area contributed by atoms with Crippen LogP contribution in [0.3, 0.4) is 0 Å². The van der Waals surface area contributed by atoms with Crippen LogP contribution < -0.4 is 0 Å². The Hall–Kier alpha value is -1.43. The van der Waals surface area contributed by atoms with Gasteiger partial charge < -0.3 is 14.9 Å². The summed E-state index contributed by atoms with van der Waals surface area (Å²) in [4.78, 5) is 19.1. The monoisotopic (exact) mass is 317 g/mol. The molecule has 0 radical (unpaired) electrons. The molecule has 1 N–H and O–H groups in total. The average Bonchev–Trinajstić information content (AvgIpc) is 2.57. The number of hydrogen-bond donors (Lipinski definition) is 1. The average molecular weight is 317 g/mol.